The highest BCUT2D eigenvalue weighted by molar-refractivity contribution is 5.94. The summed E-state index contributed by atoms with van der Waals surface area (Å²) in [6.07, 6.45) is 3.63. The molecule has 1 saturated carbocycles. The summed E-state index contributed by atoms with van der Waals surface area (Å²) in [7, 11) is 3.61. The van der Waals surface area contributed by atoms with Crippen molar-refractivity contribution in [2.45, 2.75) is 31.8 Å². The lowest BCUT2D eigenvalue weighted by Gasteiger charge is -2.55. The van der Waals surface area contributed by atoms with Gasteiger partial charge >= 0.3 is 0 Å². The minimum absolute atomic E-state index is 0.116. The minimum atomic E-state index is -0.257. The van der Waals surface area contributed by atoms with Crippen molar-refractivity contribution in [3.05, 3.63) is 35.4 Å². The Morgan fingerprint density at radius 2 is 1.96 bits per heavy atom. The Labute approximate surface area is 145 Å². The fraction of sp³-hybridized carbons (Fsp3) is 0.650. The summed E-state index contributed by atoms with van der Waals surface area (Å²) in [6, 6.07) is 8.10. The van der Waals surface area contributed by atoms with Gasteiger partial charge in [0.1, 0.15) is 5.60 Å². The van der Waals surface area contributed by atoms with Crippen LogP contribution in [0.2, 0.25) is 0 Å². The molecule has 1 aromatic rings. The van der Waals surface area contributed by atoms with E-state index in [2.05, 4.69) is 17.0 Å². The second-order valence-electron chi connectivity index (χ2n) is 7.21. The van der Waals surface area contributed by atoms with E-state index in [0.29, 0.717) is 11.8 Å². The van der Waals surface area contributed by atoms with E-state index in [4.69, 9.17) is 9.47 Å². The number of likely N-dealkylation sites (tertiary alicyclic amines) is 1. The summed E-state index contributed by atoms with van der Waals surface area (Å²) < 4.78 is 11.5. The fourth-order valence-corrected chi connectivity index (χ4v) is 4.83. The Kier molecular flexibility index (Phi) is 5.38. The minimum Gasteiger partial charge on any atom is -0.383 e. The summed E-state index contributed by atoms with van der Waals surface area (Å²) >= 11 is 0. The van der Waals surface area contributed by atoms with E-state index in [9.17, 15) is 4.79 Å². The molecule has 1 saturated heterocycles. The molecule has 0 radical (unpaired) electrons. The van der Waals surface area contributed by atoms with Crippen molar-refractivity contribution in [1.82, 2.24) is 4.90 Å². The molecule has 1 aliphatic heterocycles. The molecule has 24 heavy (non-hydrogen) atoms. The van der Waals surface area contributed by atoms with E-state index >= 15 is 0 Å². The highest BCUT2D eigenvalue weighted by Gasteiger charge is 2.53. The molecule has 4 heteroatoms. The van der Waals surface area contributed by atoms with Crippen molar-refractivity contribution >= 4 is 5.78 Å². The first-order chi connectivity index (χ1) is 11.6. The third-order valence-electron chi connectivity index (χ3n) is 5.95. The van der Waals surface area contributed by atoms with Crippen molar-refractivity contribution in [3.63, 3.8) is 0 Å². The monoisotopic (exact) mass is 331 g/mol. The topological polar surface area (TPSA) is 38.8 Å². The van der Waals surface area contributed by atoms with Crippen LogP contribution in [-0.2, 0) is 15.1 Å². The molecule has 0 aromatic heterocycles. The molecular formula is C20H29NO3. The number of hydrogen-bond acceptors (Lipinski definition) is 4. The number of Topliss-reactive ketones (excluding diaryl/α,β-unsaturated/α-hetero) is 1. The Bertz CT molecular complexity index is 572. The number of piperidine rings is 1. The second-order valence-corrected chi connectivity index (χ2v) is 7.21. The Hall–Kier alpha value is -1.23. The van der Waals surface area contributed by atoms with Crippen LogP contribution in [0.3, 0.4) is 0 Å². The van der Waals surface area contributed by atoms with E-state index in [0.717, 1.165) is 31.8 Å². The van der Waals surface area contributed by atoms with Gasteiger partial charge in [0.15, 0.2) is 5.78 Å². The number of ketones is 1. The number of fused-ring (bicyclic) bond motifs is 2. The highest BCUT2D eigenvalue weighted by atomic mass is 16.5. The molecule has 2 aliphatic rings. The molecule has 1 aromatic carbocycles. The number of hydrogen-bond donors (Lipinski definition) is 0. The van der Waals surface area contributed by atoms with Gasteiger partial charge in [0, 0.05) is 51.3 Å². The van der Waals surface area contributed by atoms with E-state index in [-0.39, 0.29) is 11.4 Å². The van der Waals surface area contributed by atoms with Gasteiger partial charge in [-0.2, -0.15) is 0 Å². The van der Waals surface area contributed by atoms with Crippen molar-refractivity contribution in [1.29, 1.82) is 0 Å². The van der Waals surface area contributed by atoms with Gasteiger partial charge in [-0.1, -0.05) is 24.6 Å². The van der Waals surface area contributed by atoms with Crippen LogP contribution in [0.15, 0.2) is 24.3 Å². The number of rotatable bonds is 6. The number of ether oxygens (including phenoxy) is 2. The fourth-order valence-electron chi connectivity index (χ4n) is 4.83. The zero-order valence-electron chi connectivity index (χ0n) is 15.1. The first kappa shape index (κ1) is 17.6. The maximum atomic E-state index is 11.8. The molecule has 0 N–H and O–H groups in total. The predicted molar refractivity (Wildman–Crippen MR) is 94.3 cm³/mol. The third-order valence-corrected chi connectivity index (χ3v) is 5.95. The molecular weight excluding hydrogens is 302 g/mol. The lowest BCUT2D eigenvalue weighted by atomic mass is 9.62. The first-order valence-electron chi connectivity index (χ1n) is 8.99. The van der Waals surface area contributed by atoms with Crippen LogP contribution >= 0.6 is 0 Å². The van der Waals surface area contributed by atoms with Crippen molar-refractivity contribution in [3.8, 4) is 0 Å². The van der Waals surface area contributed by atoms with Gasteiger partial charge in [0.25, 0.3) is 0 Å². The van der Waals surface area contributed by atoms with Gasteiger partial charge in [-0.3, -0.25) is 4.79 Å². The SMILES string of the molecule is COCCN1CC2CCCC(C1)C2(OC)c1cccc(C(C)=O)c1. The molecule has 2 bridgehead atoms. The maximum absolute atomic E-state index is 11.8. The van der Waals surface area contributed by atoms with Gasteiger partial charge in [-0.25, -0.2) is 0 Å². The standard InChI is InChI=1S/C20H29NO3/c1-15(22)16-6-4-7-17(12-16)20(24-3)18-8-5-9-19(20)14-21(13-18)10-11-23-2/h4,6-7,12,18-19H,5,8-11,13-14H2,1-3H3. The number of methoxy groups -OCH3 is 2. The van der Waals surface area contributed by atoms with Gasteiger partial charge in [-0.05, 0) is 31.4 Å². The maximum Gasteiger partial charge on any atom is 0.159 e. The Balaban J connectivity index is 1.94. The molecule has 2 fully saturated rings. The summed E-state index contributed by atoms with van der Waals surface area (Å²) in [6.45, 7) is 5.47. The summed E-state index contributed by atoms with van der Waals surface area (Å²) in [5, 5.41) is 0. The zero-order chi connectivity index (χ0) is 17.2. The van der Waals surface area contributed by atoms with Gasteiger partial charge in [-0.15, -0.1) is 0 Å². The number of carbonyl (C=O) groups is 1. The number of carbonyl (C=O) groups excluding carboxylic acids is 1. The molecule has 4 nitrogen and oxygen atoms in total. The number of nitrogens with zero attached hydrogens (tertiary/aromatic N) is 1. The molecule has 2 atom stereocenters. The average molecular weight is 331 g/mol. The lowest BCUT2D eigenvalue weighted by Crippen LogP contribution is -2.59. The first-order valence-corrected chi connectivity index (χ1v) is 8.99. The molecule has 1 aliphatic carbocycles. The van der Waals surface area contributed by atoms with Crippen LogP contribution in [0.25, 0.3) is 0 Å². The molecule has 1 heterocycles. The Morgan fingerprint density at radius 1 is 1.25 bits per heavy atom. The van der Waals surface area contributed by atoms with Crippen LogP contribution in [0, 0.1) is 11.8 Å². The van der Waals surface area contributed by atoms with Crippen molar-refractivity contribution in [2.24, 2.45) is 11.8 Å². The van der Waals surface area contributed by atoms with E-state index in [1.54, 1.807) is 14.0 Å². The molecule has 3 rings (SSSR count). The lowest BCUT2D eigenvalue weighted by molar-refractivity contribution is -0.170. The smallest absolute Gasteiger partial charge is 0.159 e. The van der Waals surface area contributed by atoms with Gasteiger partial charge in [0.05, 0.1) is 6.61 Å². The quantitative estimate of drug-likeness (QED) is 0.751. The molecule has 0 amide bonds. The van der Waals surface area contributed by atoms with Crippen LogP contribution < -0.4 is 0 Å². The predicted octanol–water partition coefficient (Wildman–Crippen LogP) is 3.11. The normalized spacial score (nSPS) is 30.3. The third kappa shape index (κ3) is 3.03. The Morgan fingerprint density at radius 3 is 2.54 bits per heavy atom. The van der Waals surface area contributed by atoms with Crippen LogP contribution in [0.5, 0.6) is 0 Å². The second kappa shape index (κ2) is 7.34. The largest absolute Gasteiger partial charge is 0.383 e. The van der Waals surface area contributed by atoms with E-state index < -0.39 is 0 Å². The summed E-state index contributed by atoms with van der Waals surface area (Å²) in [5.41, 5.74) is 1.70. The van der Waals surface area contributed by atoms with Crippen molar-refractivity contribution < 1.29 is 14.3 Å². The van der Waals surface area contributed by atoms with Gasteiger partial charge < -0.3 is 14.4 Å². The highest BCUT2D eigenvalue weighted by Crippen LogP contribution is 2.51. The summed E-state index contributed by atoms with van der Waals surface area (Å²) in [5.74, 6) is 1.05. The van der Waals surface area contributed by atoms with Gasteiger partial charge in [0.2, 0.25) is 0 Å². The summed E-state index contributed by atoms with van der Waals surface area (Å²) in [4.78, 5) is 14.3. The van der Waals surface area contributed by atoms with E-state index in [1.807, 2.05) is 19.2 Å². The molecule has 132 valence electrons. The van der Waals surface area contributed by atoms with E-state index in [1.165, 1.54) is 24.8 Å². The van der Waals surface area contributed by atoms with Crippen molar-refractivity contribution in [2.75, 3.05) is 40.5 Å². The molecule has 0 spiro atoms. The average Bonchev–Trinajstić information content (AvgIpc) is 2.59. The van der Waals surface area contributed by atoms with Crippen LogP contribution in [0.4, 0.5) is 0 Å². The zero-order valence-corrected chi connectivity index (χ0v) is 15.1. The number of benzene rings is 1. The van der Waals surface area contributed by atoms with Crippen LogP contribution in [-0.4, -0.2) is 51.1 Å². The van der Waals surface area contributed by atoms with Crippen LogP contribution in [0.1, 0.15) is 42.1 Å². The molecule has 2 unspecified atom stereocenters.